The molecule has 5 rings (SSSR count). The molecule has 0 radical (unpaired) electrons. The molecular formula is C25H29N5. The number of hydrogen-bond acceptors (Lipinski definition) is 5. The van der Waals surface area contributed by atoms with Crippen molar-refractivity contribution in [2.75, 3.05) is 28.2 Å². The number of aryl methyl sites for hydroxylation is 1. The lowest BCUT2D eigenvalue weighted by atomic mass is 10.1. The number of rotatable bonds is 4. The first-order valence-corrected chi connectivity index (χ1v) is 11.0. The molecule has 3 heterocycles. The van der Waals surface area contributed by atoms with Crippen LogP contribution in [-0.4, -0.2) is 29.1 Å². The first-order valence-electron chi connectivity index (χ1n) is 11.0. The summed E-state index contributed by atoms with van der Waals surface area (Å²) in [5.74, 6) is 1.60. The van der Waals surface area contributed by atoms with Crippen LogP contribution in [0.4, 0.5) is 28.8 Å². The van der Waals surface area contributed by atoms with Crippen molar-refractivity contribution in [2.45, 2.75) is 45.6 Å². The maximum absolute atomic E-state index is 4.87. The fourth-order valence-corrected chi connectivity index (χ4v) is 4.68. The average molecular weight is 400 g/mol. The van der Waals surface area contributed by atoms with E-state index in [-0.39, 0.29) is 0 Å². The van der Waals surface area contributed by atoms with Crippen LogP contribution in [0.2, 0.25) is 0 Å². The third kappa shape index (κ3) is 3.72. The van der Waals surface area contributed by atoms with E-state index in [1.807, 2.05) is 6.92 Å². The van der Waals surface area contributed by atoms with Crippen molar-refractivity contribution < 1.29 is 0 Å². The summed E-state index contributed by atoms with van der Waals surface area (Å²) >= 11 is 0. The molecule has 2 aromatic carbocycles. The van der Waals surface area contributed by atoms with Crippen molar-refractivity contribution in [1.82, 2.24) is 9.97 Å². The molecule has 2 aliphatic heterocycles. The van der Waals surface area contributed by atoms with Crippen LogP contribution in [0.1, 0.15) is 37.4 Å². The molecule has 0 saturated carbocycles. The molecule has 0 spiro atoms. The number of benzene rings is 2. The maximum atomic E-state index is 4.87. The molecule has 1 fully saturated rings. The van der Waals surface area contributed by atoms with E-state index in [1.165, 1.54) is 36.2 Å². The normalized spacial score (nSPS) is 18.4. The predicted molar refractivity (Wildman–Crippen MR) is 124 cm³/mol. The number of para-hydroxylation sites is 1. The number of nitrogens with one attached hydrogen (secondary N) is 1. The first-order chi connectivity index (χ1) is 14.7. The van der Waals surface area contributed by atoms with Crippen LogP contribution in [0.3, 0.4) is 0 Å². The Morgan fingerprint density at radius 2 is 1.70 bits per heavy atom. The minimum absolute atomic E-state index is 0.383. The molecule has 3 aromatic rings. The van der Waals surface area contributed by atoms with E-state index in [9.17, 15) is 0 Å². The Balaban J connectivity index is 1.38. The second-order valence-electron chi connectivity index (χ2n) is 8.46. The number of piperidine rings is 1. The van der Waals surface area contributed by atoms with E-state index < -0.39 is 0 Å². The van der Waals surface area contributed by atoms with Crippen molar-refractivity contribution in [2.24, 2.45) is 0 Å². The van der Waals surface area contributed by atoms with Crippen molar-refractivity contribution in [3.63, 3.8) is 0 Å². The predicted octanol–water partition coefficient (Wildman–Crippen LogP) is 5.60. The van der Waals surface area contributed by atoms with E-state index in [4.69, 9.17) is 4.98 Å². The molecule has 0 bridgehead atoms. The number of nitrogens with zero attached hydrogens (tertiary/aromatic N) is 4. The lowest BCUT2D eigenvalue weighted by Crippen LogP contribution is -2.29. The van der Waals surface area contributed by atoms with E-state index in [0.717, 1.165) is 36.7 Å². The van der Waals surface area contributed by atoms with Crippen LogP contribution in [-0.2, 0) is 6.42 Å². The smallest absolute Gasteiger partial charge is 0.229 e. The fourth-order valence-electron chi connectivity index (χ4n) is 4.68. The molecule has 0 amide bonds. The SMILES string of the molecule is Cc1cc(N2c3ccccc3CC2C)nc(Nc2ccc(N3CCCCC3)cc2)n1. The molecule has 154 valence electrons. The largest absolute Gasteiger partial charge is 0.372 e. The summed E-state index contributed by atoms with van der Waals surface area (Å²) in [6, 6.07) is 19.7. The minimum atomic E-state index is 0.383. The monoisotopic (exact) mass is 399 g/mol. The van der Waals surface area contributed by atoms with Crippen molar-refractivity contribution in [3.05, 3.63) is 65.9 Å². The molecule has 2 aliphatic rings. The van der Waals surface area contributed by atoms with Crippen molar-refractivity contribution in [3.8, 4) is 0 Å². The quantitative estimate of drug-likeness (QED) is 0.618. The number of anilines is 5. The molecular weight excluding hydrogens is 370 g/mol. The zero-order chi connectivity index (χ0) is 20.5. The van der Waals surface area contributed by atoms with Gasteiger partial charge in [0, 0.05) is 48.0 Å². The molecule has 0 aliphatic carbocycles. The van der Waals surface area contributed by atoms with Crippen LogP contribution in [0.25, 0.3) is 0 Å². The van der Waals surface area contributed by atoms with Gasteiger partial charge in [-0.1, -0.05) is 18.2 Å². The van der Waals surface area contributed by atoms with Gasteiger partial charge in [0.2, 0.25) is 5.95 Å². The van der Waals surface area contributed by atoms with Crippen molar-refractivity contribution in [1.29, 1.82) is 0 Å². The Morgan fingerprint density at radius 1 is 0.933 bits per heavy atom. The van der Waals surface area contributed by atoms with Gasteiger partial charge in [0.1, 0.15) is 5.82 Å². The minimum Gasteiger partial charge on any atom is -0.372 e. The topological polar surface area (TPSA) is 44.3 Å². The summed E-state index contributed by atoms with van der Waals surface area (Å²) in [7, 11) is 0. The second-order valence-corrected chi connectivity index (χ2v) is 8.46. The summed E-state index contributed by atoms with van der Waals surface area (Å²) < 4.78 is 0. The van der Waals surface area contributed by atoms with Gasteiger partial charge >= 0.3 is 0 Å². The van der Waals surface area contributed by atoms with Gasteiger partial charge < -0.3 is 15.1 Å². The molecule has 1 N–H and O–H groups in total. The summed E-state index contributed by atoms with van der Waals surface area (Å²) in [6.07, 6.45) is 4.97. The van der Waals surface area contributed by atoms with Crippen LogP contribution in [0.15, 0.2) is 54.6 Å². The highest BCUT2D eigenvalue weighted by Gasteiger charge is 2.28. The third-order valence-electron chi connectivity index (χ3n) is 6.14. The lowest BCUT2D eigenvalue weighted by molar-refractivity contribution is 0.578. The molecule has 5 nitrogen and oxygen atoms in total. The van der Waals surface area contributed by atoms with Gasteiger partial charge in [0.05, 0.1) is 0 Å². The summed E-state index contributed by atoms with van der Waals surface area (Å²) in [6.45, 7) is 6.60. The Bertz CT molecular complexity index is 1020. The molecule has 30 heavy (non-hydrogen) atoms. The Morgan fingerprint density at radius 3 is 2.50 bits per heavy atom. The Labute approximate surface area is 178 Å². The molecule has 1 atom stereocenters. The van der Waals surface area contributed by atoms with Gasteiger partial charge in [-0.15, -0.1) is 0 Å². The molecule has 1 aromatic heterocycles. The summed E-state index contributed by atoms with van der Waals surface area (Å²) in [4.78, 5) is 14.3. The maximum Gasteiger partial charge on any atom is 0.229 e. The zero-order valence-electron chi connectivity index (χ0n) is 17.8. The van der Waals surface area contributed by atoms with E-state index in [2.05, 4.69) is 81.6 Å². The number of fused-ring (bicyclic) bond motifs is 1. The van der Waals surface area contributed by atoms with Crippen LogP contribution >= 0.6 is 0 Å². The van der Waals surface area contributed by atoms with Crippen molar-refractivity contribution >= 4 is 28.8 Å². The van der Waals surface area contributed by atoms with E-state index >= 15 is 0 Å². The molecule has 1 saturated heterocycles. The lowest BCUT2D eigenvalue weighted by Gasteiger charge is -2.28. The summed E-state index contributed by atoms with van der Waals surface area (Å²) in [5.41, 5.74) is 5.91. The van der Waals surface area contributed by atoms with Gasteiger partial charge in [0.25, 0.3) is 0 Å². The number of aromatic nitrogens is 2. The first kappa shape index (κ1) is 18.9. The Kier molecular flexibility index (Phi) is 5.03. The Hall–Kier alpha value is -3.08. The van der Waals surface area contributed by atoms with E-state index in [0.29, 0.717) is 12.0 Å². The van der Waals surface area contributed by atoms with Gasteiger partial charge in [-0.05, 0) is 75.4 Å². The second kappa shape index (κ2) is 7.98. The number of hydrogen-bond donors (Lipinski definition) is 1. The standard InChI is InChI=1S/C25H29N5/c1-18-16-24(30-19(2)17-20-8-4-5-9-23(20)30)28-25(26-18)27-21-10-12-22(13-11-21)29-14-6-3-7-15-29/h4-5,8-13,16,19H,3,6-7,14-15,17H2,1-2H3,(H,26,27,28). The highest BCUT2D eigenvalue weighted by molar-refractivity contribution is 5.70. The van der Waals surface area contributed by atoms with Crippen LogP contribution in [0.5, 0.6) is 0 Å². The van der Waals surface area contributed by atoms with Gasteiger partial charge in [-0.3, -0.25) is 0 Å². The third-order valence-corrected chi connectivity index (χ3v) is 6.14. The van der Waals surface area contributed by atoms with Crippen LogP contribution < -0.4 is 15.1 Å². The van der Waals surface area contributed by atoms with Gasteiger partial charge in [-0.2, -0.15) is 4.98 Å². The zero-order valence-corrected chi connectivity index (χ0v) is 17.8. The van der Waals surface area contributed by atoms with Gasteiger partial charge in [-0.25, -0.2) is 4.98 Å². The fraction of sp³-hybridized carbons (Fsp3) is 0.360. The van der Waals surface area contributed by atoms with Gasteiger partial charge in [0.15, 0.2) is 0 Å². The van der Waals surface area contributed by atoms with Crippen LogP contribution in [0, 0.1) is 6.92 Å². The highest BCUT2D eigenvalue weighted by atomic mass is 15.3. The molecule has 1 unspecified atom stereocenters. The molecule has 5 heteroatoms. The summed E-state index contributed by atoms with van der Waals surface area (Å²) in [5, 5.41) is 3.41. The average Bonchev–Trinajstić information content (AvgIpc) is 3.10. The highest BCUT2D eigenvalue weighted by Crippen LogP contribution is 2.37. The van der Waals surface area contributed by atoms with E-state index in [1.54, 1.807) is 0 Å².